The standard InChI is InChI=1S/C25H34N6O3/c1-16-14-18(10-13-22(16)31(33)34)24(32)26-15-17-8-11-19(12-9-17)27-25-28-21-7-5-4-6-20(21)23(29-25)30(2)3/h10,13-14,17,19H,4-9,11-12,15H2,1-3H3,(H,26,32)(H,27,28,29). The number of nitrogens with one attached hydrogen (secondary N) is 2. The molecular weight excluding hydrogens is 432 g/mol. The Morgan fingerprint density at radius 1 is 1.15 bits per heavy atom. The lowest BCUT2D eigenvalue weighted by Gasteiger charge is -2.30. The normalized spacial score (nSPS) is 19.7. The van der Waals surface area contributed by atoms with Crippen molar-refractivity contribution in [2.24, 2.45) is 5.92 Å². The lowest BCUT2D eigenvalue weighted by molar-refractivity contribution is -0.385. The molecule has 1 amide bonds. The van der Waals surface area contributed by atoms with Crippen LogP contribution in [0.25, 0.3) is 0 Å². The third kappa shape index (κ3) is 5.46. The van der Waals surface area contributed by atoms with Gasteiger partial charge in [0.25, 0.3) is 11.6 Å². The molecule has 0 unspecified atom stereocenters. The van der Waals surface area contributed by atoms with Gasteiger partial charge in [0.1, 0.15) is 5.82 Å². The van der Waals surface area contributed by atoms with Crippen molar-refractivity contribution in [3.8, 4) is 0 Å². The summed E-state index contributed by atoms with van der Waals surface area (Å²) in [7, 11) is 4.08. The van der Waals surface area contributed by atoms with E-state index in [1.165, 1.54) is 36.2 Å². The Labute approximate surface area is 200 Å². The fourth-order valence-electron chi connectivity index (χ4n) is 5.04. The molecule has 0 spiro atoms. The van der Waals surface area contributed by atoms with E-state index in [1.807, 2.05) is 14.1 Å². The Balaban J connectivity index is 1.29. The molecule has 9 nitrogen and oxygen atoms in total. The van der Waals surface area contributed by atoms with E-state index >= 15 is 0 Å². The third-order valence-electron chi connectivity index (χ3n) is 6.97. The first-order chi connectivity index (χ1) is 16.3. The molecule has 1 fully saturated rings. The highest BCUT2D eigenvalue weighted by Crippen LogP contribution is 2.30. The Bertz CT molecular complexity index is 1060. The maximum atomic E-state index is 12.5. The highest BCUT2D eigenvalue weighted by Gasteiger charge is 2.24. The first-order valence-corrected chi connectivity index (χ1v) is 12.2. The number of aryl methyl sites for hydroxylation is 2. The Morgan fingerprint density at radius 3 is 2.56 bits per heavy atom. The molecule has 2 N–H and O–H groups in total. The van der Waals surface area contributed by atoms with Gasteiger partial charge < -0.3 is 15.5 Å². The van der Waals surface area contributed by atoms with Crippen LogP contribution in [0.1, 0.15) is 65.7 Å². The van der Waals surface area contributed by atoms with Gasteiger partial charge >= 0.3 is 0 Å². The van der Waals surface area contributed by atoms with Crippen molar-refractivity contribution >= 4 is 23.4 Å². The van der Waals surface area contributed by atoms with Gasteiger partial charge in [-0.05, 0) is 76.3 Å². The summed E-state index contributed by atoms with van der Waals surface area (Å²) in [5, 5.41) is 17.5. The second-order valence-corrected chi connectivity index (χ2v) is 9.73. The van der Waals surface area contributed by atoms with Crippen LogP contribution in [0.2, 0.25) is 0 Å². The smallest absolute Gasteiger partial charge is 0.272 e. The highest BCUT2D eigenvalue weighted by molar-refractivity contribution is 5.94. The monoisotopic (exact) mass is 466 g/mol. The maximum Gasteiger partial charge on any atom is 0.272 e. The van der Waals surface area contributed by atoms with E-state index in [1.54, 1.807) is 13.0 Å². The van der Waals surface area contributed by atoms with Gasteiger partial charge in [-0.2, -0.15) is 4.98 Å². The molecule has 1 aromatic heterocycles. The molecule has 4 rings (SSSR count). The number of anilines is 2. The average molecular weight is 467 g/mol. The quantitative estimate of drug-likeness (QED) is 0.468. The van der Waals surface area contributed by atoms with Gasteiger partial charge in [0, 0.05) is 49.4 Å². The molecule has 0 radical (unpaired) electrons. The lowest BCUT2D eigenvalue weighted by Crippen LogP contribution is -2.34. The number of carbonyl (C=O) groups is 1. The minimum atomic E-state index is -0.431. The van der Waals surface area contributed by atoms with Gasteiger partial charge in [-0.15, -0.1) is 0 Å². The zero-order valence-corrected chi connectivity index (χ0v) is 20.3. The number of aromatic nitrogens is 2. The van der Waals surface area contributed by atoms with Crippen LogP contribution in [-0.2, 0) is 12.8 Å². The van der Waals surface area contributed by atoms with E-state index in [0.717, 1.165) is 50.3 Å². The summed E-state index contributed by atoms with van der Waals surface area (Å²) in [6.07, 6.45) is 8.52. The summed E-state index contributed by atoms with van der Waals surface area (Å²) in [5.74, 6) is 2.00. The maximum absolute atomic E-state index is 12.5. The van der Waals surface area contributed by atoms with E-state index in [9.17, 15) is 14.9 Å². The fourth-order valence-corrected chi connectivity index (χ4v) is 5.04. The molecule has 1 heterocycles. The van der Waals surface area contributed by atoms with Crippen molar-refractivity contribution in [3.05, 3.63) is 50.7 Å². The van der Waals surface area contributed by atoms with E-state index in [4.69, 9.17) is 9.97 Å². The average Bonchev–Trinajstić information content (AvgIpc) is 2.82. The third-order valence-corrected chi connectivity index (χ3v) is 6.97. The molecule has 2 aromatic rings. The van der Waals surface area contributed by atoms with Crippen LogP contribution in [0.15, 0.2) is 18.2 Å². The van der Waals surface area contributed by atoms with Crippen molar-refractivity contribution < 1.29 is 9.72 Å². The molecule has 1 saturated carbocycles. The fraction of sp³-hybridized carbons (Fsp3) is 0.560. The van der Waals surface area contributed by atoms with Crippen LogP contribution < -0.4 is 15.5 Å². The van der Waals surface area contributed by atoms with Crippen LogP contribution in [0.4, 0.5) is 17.5 Å². The summed E-state index contributed by atoms with van der Waals surface area (Å²) in [5.41, 5.74) is 3.46. The molecule has 34 heavy (non-hydrogen) atoms. The summed E-state index contributed by atoms with van der Waals surface area (Å²) < 4.78 is 0. The number of hydrogen-bond acceptors (Lipinski definition) is 7. The van der Waals surface area contributed by atoms with Crippen molar-refractivity contribution in [1.82, 2.24) is 15.3 Å². The zero-order valence-electron chi connectivity index (χ0n) is 20.3. The van der Waals surface area contributed by atoms with E-state index in [0.29, 0.717) is 29.6 Å². The molecular formula is C25H34N6O3. The summed E-state index contributed by atoms with van der Waals surface area (Å²) in [4.78, 5) is 34.8. The van der Waals surface area contributed by atoms with Crippen LogP contribution in [-0.4, -0.2) is 47.5 Å². The number of rotatable bonds is 7. The van der Waals surface area contributed by atoms with Gasteiger partial charge in [0.2, 0.25) is 5.95 Å². The summed E-state index contributed by atoms with van der Waals surface area (Å²) in [6.45, 7) is 2.26. The molecule has 0 aliphatic heterocycles. The van der Waals surface area contributed by atoms with Crippen molar-refractivity contribution in [3.63, 3.8) is 0 Å². The summed E-state index contributed by atoms with van der Waals surface area (Å²) in [6, 6.07) is 4.82. The molecule has 0 bridgehead atoms. The van der Waals surface area contributed by atoms with Crippen molar-refractivity contribution in [1.29, 1.82) is 0 Å². The van der Waals surface area contributed by atoms with Crippen LogP contribution in [0.3, 0.4) is 0 Å². The largest absolute Gasteiger partial charge is 0.362 e. The van der Waals surface area contributed by atoms with Gasteiger partial charge in [0.15, 0.2) is 0 Å². The number of benzene rings is 1. The van der Waals surface area contributed by atoms with Crippen LogP contribution >= 0.6 is 0 Å². The molecule has 0 saturated heterocycles. The molecule has 182 valence electrons. The molecule has 2 aliphatic rings. The topological polar surface area (TPSA) is 113 Å². The molecule has 1 aromatic carbocycles. The number of nitrogens with zero attached hydrogens (tertiary/aromatic N) is 4. The number of nitro benzene ring substituents is 1. The Hall–Kier alpha value is -3.23. The minimum absolute atomic E-state index is 0.0305. The lowest BCUT2D eigenvalue weighted by atomic mass is 9.86. The van der Waals surface area contributed by atoms with Crippen molar-refractivity contribution in [2.45, 2.75) is 64.3 Å². The molecule has 2 aliphatic carbocycles. The van der Waals surface area contributed by atoms with Gasteiger partial charge in [-0.3, -0.25) is 14.9 Å². The van der Waals surface area contributed by atoms with Crippen LogP contribution in [0, 0.1) is 23.0 Å². The predicted molar refractivity (Wildman–Crippen MR) is 133 cm³/mol. The Kier molecular flexibility index (Phi) is 7.29. The van der Waals surface area contributed by atoms with Gasteiger partial charge in [-0.1, -0.05) is 0 Å². The zero-order chi connectivity index (χ0) is 24.2. The van der Waals surface area contributed by atoms with E-state index in [-0.39, 0.29) is 11.6 Å². The number of carbonyl (C=O) groups excluding carboxylic acids is 1. The van der Waals surface area contributed by atoms with E-state index in [2.05, 4.69) is 15.5 Å². The number of amides is 1. The Morgan fingerprint density at radius 2 is 1.88 bits per heavy atom. The minimum Gasteiger partial charge on any atom is -0.362 e. The number of nitro groups is 1. The number of fused-ring (bicyclic) bond motifs is 1. The van der Waals surface area contributed by atoms with E-state index < -0.39 is 4.92 Å². The predicted octanol–water partition coefficient (Wildman–Crippen LogP) is 4.04. The molecule has 9 heteroatoms. The highest BCUT2D eigenvalue weighted by atomic mass is 16.6. The number of hydrogen-bond donors (Lipinski definition) is 2. The van der Waals surface area contributed by atoms with Crippen molar-refractivity contribution in [2.75, 3.05) is 30.9 Å². The molecule has 0 atom stereocenters. The first-order valence-electron chi connectivity index (χ1n) is 12.2. The van der Waals surface area contributed by atoms with Gasteiger partial charge in [-0.25, -0.2) is 4.98 Å². The SMILES string of the molecule is Cc1cc(C(=O)NCC2CCC(Nc3nc4c(c(N(C)C)n3)CCCC4)CC2)ccc1[N+](=O)[O-]. The first kappa shape index (κ1) is 23.9. The van der Waals surface area contributed by atoms with Crippen LogP contribution in [0.5, 0.6) is 0 Å². The summed E-state index contributed by atoms with van der Waals surface area (Å²) >= 11 is 0. The second kappa shape index (κ2) is 10.4. The second-order valence-electron chi connectivity index (χ2n) is 9.73. The van der Waals surface area contributed by atoms with Gasteiger partial charge in [0.05, 0.1) is 10.6 Å².